The normalized spacial score (nSPS) is 16.9. The Hall–Kier alpha value is -0.930. The van der Waals surface area contributed by atoms with E-state index in [2.05, 4.69) is 11.4 Å². The molecule has 1 aliphatic rings. The molecule has 1 fully saturated rings. The number of halogens is 1. The van der Waals surface area contributed by atoms with E-state index < -0.39 is 0 Å². The Morgan fingerprint density at radius 2 is 1.88 bits per heavy atom. The predicted octanol–water partition coefficient (Wildman–Crippen LogP) is 2.82. The molecule has 1 heterocycles. The van der Waals surface area contributed by atoms with E-state index in [1.807, 2.05) is 6.07 Å². The van der Waals surface area contributed by atoms with Crippen molar-refractivity contribution >= 4 is 11.6 Å². The minimum Gasteiger partial charge on any atom is -0.493 e. The van der Waals surface area contributed by atoms with E-state index in [1.54, 1.807) is 14.2 Å². The van der Waals surface area contributed by atoms with Gasteiger partial charge in [-0.05, 0) is 43.5 Å². The summed E-state index contributed by atoms with van der Waals surface area (Å²) in [4.78, 5) is 0. The number of hydrogen-bond acceptors (Lipinski definition) is 3. The van der Waals surface area contributed by atoms with Crippen molar-refractivity contribution in [1.29, 1.82) is 0 Å². The summed E-state index contributed by atoms with van der Waals surface area (Å²) in [5.41, 5.74) is 1.17. The van der Waals surface area contributed by atoms with Crippen LogP contribution in [0.1, 0.15) is 24.3 Å². The number of benzene rings is 1. The van der Waals surface area contributed by atoms with E-state index in [0.717, 1.165) is 25.9 Å². The van der Waals surface area contributed by atoms with Crippen molar-refractivity contribution in [2.24, 2.45) is 0 Å². The predicted molar refractivity (Wildman–Crippen MR) is 69.4 cm³/mol. The molecule has 1 aromatic rings. The molecule has 0 aromatic heterocycles. The van der Waals surface area contributed by atoms with Gasteiger partial charge in [-0.15, -0.1) is 0 Å². The number of hydrogen-bond donors (Lipinski definition) is 1. The molecule has 2 rings (SSSR count). The Morgan fingerprint density at radius 1 is 1.18 bits per heavy atom. The summed E-state index contributed by atoms with van der Waals surface area (Å²) in [5.74, 6) is 1.85. The Kier molecular flexibility index (Phi) is 4.13. The van der Waals surface area contributed by atoms with Crippen molar-refractivity contribution in [2.75, 3.05) is 27.3 Å². The number of piperidine rings is 1. The van der Waals surface area contributed by atoms with Crippen molar-refractivity contribution in [3.8, 4) is 11.5 Å². The summed E-state index contributed by atoms with van der Waals surface area (Å²) in [6, 6.07) is 3.99. The van der Waals surface area contributed by atoms with Crippen LogP contribution in [0.15, 0.2) is 12.1 Å². The molecule has 17 heavy (non-hydrogen) atoms. The van der Waals surface area contributed by atoms with E-state index in [-0.39, 0.29) is 0 Å². The van der Waals surface area contributed by atoms with Crippen LogP contribution in [0.2, 0.25) is 5.02 Å². The van der Waals surface area contributed by atoms with Crippen molar-refractivity contribution < 1.29 is 9.47 Å². The maximum Gasteiger partial charge on any atom is 0.179 e. The van der Waals surface area contributed by atoms with Crippen molar-refractivity contribution in [3.05, 3.63) is 22.7 Å². The number of methoxy groups -OCH3 is 2. The first-order valence-corrected chi connectivity index (χ1v) is 6.26. The molecule has 0 atom stereocenters. The topological polar surface area (TPSA) is 30.5 Å². The molecule has 0 amide bonds. The molecule has 0 unspecified atom stereocenters. The van der Waals surface area contributed by atoms with Gasteiger partial charge in [-0.1, -0.05) is 17.7 Å². The van der Waals surface area contributed by atoms with Crippen molar-refractivity contribution in [2.45, 2.75) is 18.8 Å². The molecular weight excluding hydrogens is 238 g/mol. The highest BCUT2D eigenvalue weighted by Gasteiger charge is 2.21. The van der Waals surface area contributed by atoms with Crippen molar-refractivity contribution in [1.82, 2.24) is 5.32 Å². The second kappa shape index (κ2) is 5.61. The fourth-order valence-electron chi connectivity index (χ4n) is 2.35. The van der Waals surface area contributed by atoms with Crippen LogP contribution >= 0.6 is 11.6 Å². The van der Waals surface area contributed by atoms with Crippen LogP contribution in [0, 0.1) is 0 Å². The Bertz CT molecular complexity index is 389. The second-order valence-corrected chi connectivity index (χ2v) is 4.61. The molecule has 0 radical (unpaired) electrons. The maximum atomic E-state index is 6.40. The smallest absolute Gasteiger partial charge is 0.179 e. The highest BCUT2D eigenvalue weighted by Crippen LogP contribution is 2.41. The van der Waals surface area contributed by atoms with E-state index in [4.69, 9.17) is 21.1 Å². The zero-order valence-corrected chi connectivity index (χ0v) is 11.0. The third-order valence-electron chi connectivity index (χ3n) is 3.29. The van der Waals surface area contributed by atoms with Gasteiger partial charge in [0.1, 0.15) is 0 Å². The molecule has 0 aliphatic carbocycles. The maximum absolute atomic E-state index is 6.40. The quantitative estimate of drug-likeness (QED) is 0.901. The highest BCUT2D eigenvalue weighted by molar-refractivity contribution is 6.33. The molecule has 4 heteroatoms. The van der Waals surface area contributed by atoms with Crippen LogP contribution in [-0.2, 0) is 0 Å². The lowest BCUT2D eigenvalue weighted by atomic mass is 9.90. The monoisotopic (exact) mass is 255 g/mol. The molecule has 94 valence electrons. The Morgan fingerprint density at radius 3 is 2.47 bits per heavy atom. The second-order valence-electron chi connectivity index (χ2n) is 4.23. The highest BCUT2D eigenvalue weighted by atomic mass is 35.5. The molecule has 0 saturated carbocycles. The average Bonchev–Trinajstić information content (AvgIpc) is 2.39. The summed E-state index contributed by atoms with van der Waals surface area (Å²) < 4.78 is 10.6. The fourth-order valence-corrected chi connectivity index (χ4v) is 2.74. The minimum absolute atomic E-state index is 0.517. The largest absolute Gasteiger partial charge is 0.493 e. The molecule has 3 nitrogen and oxygen atoms in total. The molecular formula is C13H18ClNO2. The SMILES string of the molecule is COc1ccc(C2CCNCC2)c(Cl)c1OC. The summed E-state index contributed by atoms with van der Waals surface area (Å²) in [6.07, 6.45) is 2.24. The number of rotatable bonds is 3. The van der Waals surface area contributed by atoms with E-state index in [9.17, 15) is 0 Å². The number of ether oxygens (including phenoxy) is 2. The van der Waals surface area contributed by atoms with Gasteiger partial charge in [0.15, 0.2) is 11.5 Å². The van der Waals surface area contributed by atoms with Gasteiger partial charge in [0.25, 0.3) is 0 Å². The summed E-state index contributed by atoms with van der Waals surface area (Å²) in [5, 5.41) is 4.05. The first kappa shape index (κ1) is 12.5. The van der Waals surface area contributed by atoms with Gasteiger partial charge < -0.3 is 14.8 Å². The molecule has 1 saturated heterocycles. The molecule has 0 bridgehead atoms. The van der Waals surface area contributed by atoms with Gasteiger partial charge in [0.05, 0.1) is 19.2 Å². The zero-order valence-electron chi connectivity index (χ0n) is 10.3. The van der Waals surface area contributed by atoms with Gasteiger partial charge in [-0.3, -0.25) is 0 Å². The molecule has 0 spiro atoms. The minimum atomic E-state index is 0.517. The van der Waals surface area contributed by atoms with Gasteiger partial charge >= 0.3 is 0 Å². The van der Waals surface area contributed by atoms with Gasteiger partial charge in [-0.25, -0.2) is 0 Å². The summed E-state index contributed by atoms with van der Waals surface area (Å²) >= 11 is 6.40. The Balaban J connectivity index is 2.34. The third kappa shape index (κ3) is 2.50. The first-order chi connectivity index (χ1) is 8.27. The van der Waals surface area contributed by atoms with Gasteiger partial charge in [0, 0.05) is 0 Å². The summed E-state index contributed by atoms with van der Waals surface area (Å²) in [7, 11) is 3.24. The Labute approximate surface area is 107 Å². The lowest BCUT2D eigenvalue weighted by molar-refractivity contribution is 0.353. The zero-order chi connectivity index (χ0) is 12.3. The number of nitrogens with one attached hydrogen (secondary N) is 1. The van der Waals surface area contributed by atoms with Crippen LogP contribution in [0.4, 0.5) is 0 Å². The lowest BCUT2D eigenvalue weighted by Crippen LogP contribution is -2.26. The van der Waals surface area contributed by atoms with E-state index in [1.165, 1.54) is 5.56 Å². The third-order valence-corrected chi connectivity index (χ3v) is 3.68. The van der Waals surface area contributed by atoms with Crippen LogP contribution < -0.4 is 14.8 Å². The molecule has 1 aliphatic heterocycles. The van der Waals surface area contributed by atoms with Crippen LogP contribution in [0.3, 0.4) is 0 Å². The van der Waals surface area contributed by atoms with Gasteiger partial charge in [0.2, 0.25) is 0 Å². The fraction of sp³-hybridized carbons (Fsp3) is 0.538. The molecule has 1 aromatic carbocycles. The standard InChI is InChI=1S/C13H18ClNO2/c1-16-11-4-3-10(12(14)13(11)17-2)9-5-7-15-8-6-9/h3-4,9,15H,5-8H2,1-2H3. The van der Waals surface area contributed by atoms with Crippen LogP contribution in [-0.4, -0.2) is 27.3 Å². The summed E-state index contributed by atoms with van der Waals surface area (Å²) in [6.45, 7) is 2.10. The first-order valence-electron chi connectivity index (χ1n) is 5.89. The van der Waals surface area contributed by atoms with Gasteiger partial charge in [-0.2, -0.15) is 0 Å². The van der Waals surface area contributed by atoms with Crippen LogP contribution in [0.5, 0.6) is 11.5 Å². The lowest BCUT2D eigenvalue weighted by Gasteiger charge is -2.25. The van der Waals surface area contributed by atoms with Crippen LogP contribution in [0.25, 0.3) is 0 Å². The van der Waals surface area contributed by atoms with Crippen molar-refractivity contribution in [3.63, 3.8) is 0 Å². The molecule has 1 N–H and O–H groups in total. The average molecular weight is 256 g/mol. The van der Waals surface area contributed by atoms with E-state index >= 15 is 0 Å². The van der Waals surface area contributed by atoms with E-state index in [0.29, 0.717) is 22.4 Å².